The maximum atomic E-state index is 12.4. The van der Waals surface area contributed by atoms with Crippen molar-refractivity contribution in [2.45, 2.75) is 19.2 Å². The van der Waals surface area contributed by atoms with Gasteiger partial charge >= 0.3 is 12.1 Å². The molecule has 0 fully saturated rings. The maximum Gasteiger partial charge on any atom is 0.454 e. The van der Waals surface area contributed by atoms with Crippen LogP contribution in [0.2, 0.25) is 5.02 Å². The van der Waals surface area contributed by atoms with Gasteiger partial charge in [0.25, 0.3) is 11.9 Å². The molecule has 1 aromatic rings. The van der Waals surface area contributed by atoms with Gasteiger partial charge in [-0.1, -0.05) is 11.6 Å². The van der Waals surface area contributed by atoms with Crippen LogP contribution in [-0.4, -0.2) is 30.6 Å². The molecular formula is C12H10ClF3O4. The first-order valence-corrected chi connectivity index (χ1v) is 5.83. The lowest BCUT2D eigenvalue weighted by atomic mass is 10.2. The lowest BCUT2D eigenvalue weighted by molar-refractivity contribution is -0.184. The fraction of sp³-hybridized carbons (Fsp3) is 0.333. The summed E-state index contributed by atoms with van der Waals surface area (Å²) in [4.78, 5) is 22.6. The Morgan fingerprint density at radius 2 is 1.80 bits per heavy atom. The van der Waals surface area contributed by atoms with E-state index in [-0.39, 0.29) is 12.4 Å². The standard InChI is InChI=1S/C12H10ClF3O4/c1-2-19-11(18)9(10(17)12(14,15)16)20-8-5-3-7(13)4-6-8/h3-6,9H,2H2,1H3/t9-/m0/s1. The van der Waals surface area contributed by atoms with Crippen LogP contribution in [0.25, 0.3) is 0 Å². The lowest BCUT2D eigenvalue weighted by Gasteiger charge is -2.17. The number of carbonyl (C=O) groups is 2. The van der Waals surface area contributed by atoms with Gasteiger partial charge in [0.2, 0.25) is 0 Å². The van der Waals surface area contributed by atoms with Crippen molar-refractivity contribution in [3.63, 3.8) is 0 Å². The zero-order chi connectivity index (χ0) is 15.3. The molecule has 0 amide bonds. The molecule has 0 heterocycles. The summed E-state index contributed by atoms with van der Waals surface area (Å²) < 4.78 is 46.4. The molecule has 4 nitrogen and oxygen atoms in total. The molecule has 0 radical (unpaired) electrons. The molecular weight excluding hydrogens is 301 g/mol. The molecule has 0 bridgehead atoms. The zero-order valence-corrected chi connectivity index (χ0v) is 11.0. The van der Waals surface area contributed by atoms with E-state index in [2.05, 4.69) is 4.74 Å². The fourth-order valence-corrected chi connectivity index (χ4v) is 1.35. The van der Waals surface area contributed by atoms with Crippen molar-refractivity contribution in [3.05, 3.63) is 29.3 Å². The highest BCUT2D eigenvalue weighted by Gasteiger charge is 2.48. The summed E-state index contributed by atoms with van der Waals surface area (Å²) in [5.74, 6) is -3.83. The van der Waals surface area contributed by atoms with Crippen LogP contribution >= 0.6 is 11.6 Å². The van der Waals surface area contributed by atoms with Crippen molar-refractivity contribution in [1.82, 2.24) is 0 Å². The Morgan fingerprint density at radius 3 is 2.25 bits per heavy atom. The quantitative estimate of drug-likeness (QED) is 0.620. The van der Waals surface area contributed by atoms with E-state index in [1.165, 1.54) is 31.2 Å². The van der Waals surface area contributed by atoms with Gasteiger partial charge in [0, 0.05) is 5.02 Å². The van der Waals surface area contributed by atoms with E-state index >= 15 is 0 Å². The Morgan fingerprint density at radius 1 is 1.25 bits per heavy atom. The number of benzene rings is 1. The lowest BCUT2D eigenvalue weighted by Crippen LogP contribution is -2.44. The van der Waals surface area contributed by atoms with E-state index in [9.17, 15) is 22.8 Å². The molecule has 0 saturated heterocycles. The van der Waals surface area contributed by atoms with Crippen LogP contribution in [-0.2, 0) is 14.3 Å². The summed E-state index contributed by atoms with van der Waals surface area (Å²) in [6.45, 7) is 1.22. The van der Waals surface area contributed by atoms with E-state index in [0.29, 0.717) is 5.02 Å². The first kappa shape index (κ1) is 16.3. The second kappa shape index (κ2) is 6.60. The summed E-state index contributed by atoms with van der Waals surface area (Å²) in [6, 6.07) is 5.16. The molecule has 0 N–H and O–H groups in total. The number of hydrogen-bond acceptors (Lipinski definition) is 4. The molecule has 1 rings (SSSR count). The number of hydrogen-bond donors (Lipinski definition) is 0. The van der Waals surface area contributed by atoms with Crippen molar-refractivity contribution >= 4 is 23.4 Å². The second-order valence-corrected chi connectivity index (χ2v) is 4.00. The number of ether oxygens (including phenoxy) is 2. The van der Waals surface area contributed by atoms with Crippen molar-refractivity contribution in [2.75, 3.05) is 6.61 Å². The molecule has 1 aromatic carbocycles. The highest BCUT2D eigenvalue weighted by molar-refractivity contribution is 6.30. The minimum atomic E-state index is -5.20. The van der Waals surface area contributed by atoms with E-state index in [4.69, 9.17) is 16.3 Å². The van der Waals surface area contributed by atoms with Gasteiger partial charge < -0.3 is 9.47 Å². The number of carbonyl (C=O) groups excluding carboxylic acids is 2. The Labute approximate surface area is 117 Å². The third-order valence-electron chi connectivity index (χ3n) is 2.09. The molecule has 20 heavy (non-hydrogen) atoms. The molecule has 0 unspecified atom stereocenters. The molecule has 8 heteroatoms. The van der Waals surface area contributed by atoms with Gasteiger partial charge in [-0.25, -0.2) is 4.79 Å². The minimum Gasteiger partial charge on any atom is -0.470 e. The average Bonchev–Trinajstić information content (AvgIpc) is 2.36. The summed E-state index contributed by atoms with van der Waals surface area (Å²) in [7, 11) is 0. The van der Waals surface area contributed by atoms with Crippen LogP contribution in [0.3, 0.4) is 0 Å². The van der Waals surface area contributed by atoms with Crippen LogP contribution in [0, 0.1) is 0 Å². The molecule has 1 atom stereocenters. The van der Waals surface area contributed by atoms with Crippen LogP contribution in [0.4, 0.5) is 13.2 Å². The number of rotatable bonds is 5. The second-order valence-electron chi connectivity index (χ2n) is 3.57. The zero-order valence-electron chi connectivity index (χ0n) is 10.2. The smallest absolute Gasteiger partial charge is 0.454 e. The van der Waals surface area contributed by atoms with Gasteiger partial charge in [-0.15, -0.1) is 0 Å². The Bertz CT molecular complexity index is 484. The summed E-state index contributed by atoms with van der Waals surface area (Å²) >= 11 is 5.60. The molecule has 0 aliphatic carbocycles. The third kappa shape index (κ3) is 4.41. The molecule has 0 aromatic heterocycles. The van der Waals surface area contributed by atoms with Crippen LogP contribution < -0.4 is 4.74 Å². The number of alkyl halides is 3. The van der Waals surface area contributed by atoms with E-state index in [0.717, 1.165) is 0 Å². The van der Waals surface area contributed by atoms with Gasteiger partial charge in [-0.3, -0.25) is 4.79 Å². The maximum absolute atomic E-state index is 12.4. The van der Waals surface area contributed by atoms with Gasteiger partial charge in [0.1, 0.15) is 5.75 Å². The summed E-state index contributed by atoms with van der Waals surface area (Å²) in [5, 5.41) is 0.326. The predicted octanol–water partition coefficient (Wildman–Crippen LogP) is 2.78. The fourth-order valence-electron chi connectivity index (χ4n) is 1.22. The number of Topliss-reactive ketones (excluding diaryl/α,β-unsaturated/α-hetero) is 1. The number of esters is 1. The van der Waals surface area contributed by atoms with Crippen LogP contribution in [0.5, 0.6) is 5.75 Å². The average molecular weight is 311 g/mol. The van der Waals surface area contributed by atoms with Crippen LogP contribution in [0.15, 0.2) is 24.3 Å². The molecule has 0 aliphatic heterocycles. The van der Waals surface area contributed by atoms with Crippen molar-refractivity contribution < 1.29 is 32.2 Å². The van der Waals surface area contributed by atoms with Crippen LogP contribution in [0.1, 0.15) is 6.92 Å². The number of ketones is 1. The Kier molecular flexibility index (Phi) is 5.38. The Balaban J connectivity index is 2.96. The predicted molar refractivity (Wildman–Crippen MR) is 63.6 cm³/mol. The summed E-state index contributed by atoms with van der Waals surface area (Å²) in [6.07, 6.45) is -7.60. The Hall–Kier alpha value is -1.76. The molecule has 110 valence electrons. The highest BCUT2D eigenvalue weighted by Crippen LogP contribution is 2.23. The topological polar surface area (TPSA) is 52.6 Å². The first-order valence-electron chi connectivity index (χ1n) is 5.45. The molecule has 0 spiro atoms. The molecule has 0 aliphatic rings. The van der Waals surface area contributed by atoms with E-state index < -0.39 is 24.0 Å². The minimum absolute atomic E-state index is 0.106. The largest absolute Gasteiger partial charge is 0.470 e. The van der Waals surface area contributed by atoms with E-state index in [1.54, 1.807) is 0 Å². The van der Waals surface area contributed by atoms with Gasteiger partial charge in [0.05, 0.1) is 6.61 Å². The highest BCUT2D eigenvalue weighted by atomic mass is 35.5. The van der Waals surface area contributed by atoms with Crippen molar-refractivity contribution in [2.24, 2.45) is 0 Å². The van der Waals surface area contributed by atoms with Crippen molar-refractivity contribution in [1.29, 1.82) is 0 Å². The van der Waals surface area contributed by atoms with E-state index in [1.807, 2.05) is 0 Å². The monoisotopic (exact) mass is 310 g/mol. The first-order chi connectivity index (χ1) is 9.25. The SMILES string of the molecule is CCOC(=O)[C@@H](Oc1ccc(Cl)cc1)C(=O)C(F)(F)F. The normalized spacial score (nSPS) is 12.7. The van der Waals surface area contributed by atoms with Gasteiger partial charge in [-0.2, -0.15) is 13.2 Å². The summed E-state index contributed by atoms with van der Waals surface area (Å²) in [5.41, 5.74) is 0. The number of halogens is 4. The third-order valence-corrected chi connectivity index (χ3v) is 2.34. The van der Waals surface area contributed by atoms with Crippen molar-refractivity contribution in [3.8, 4) is 5.75 Å². The van der Waals surface area contributed by atoms with Gasteiger partial charge in [-0.05, 0) is 31.2 Å². The molecule has 0 saturated carbocycles. The van der Waals surface area contributed by atoms with Gasteiger partial charge in [0.15, 0.2) is 0 Å².